The van der Waals surface area contributed by atoms with Gasteiger partial charge < -0.3 is 0 Å². The molecule has 6 heteroatoms. The molecular weight excluding hydrogens is 259 g/mol. The van der Waals surface area contributed by atoms with E-state index in [-0.39, 0.29) is 5.91 Å². The van der Waals surface area contributed by atoms with Gasteiger partial charge in [-0.2, -0.15) is 3.93 Å². The third kappa shape index (κ3) is 1.44. The van der Waals surface area contributed by atoms with Crippen LogP contribution >= 0.6 is 27.9 Å². The number of hydrogen-bond acceptors (Lipinski definition) is 2. The number of halogens is 2. The van der Waals surface area contributed by atoms with Crippen LogP contribution in [0.25, 0.3) is 0 Å². The Bertz CT molecular complexity index is 261. The molecule has 13 heavy (non-hydrogen) atoms. The van der Waals surface area contributed by atoms with E-state index < -0.39 is 11.6 Å². The second-order valence-corrected chi connectivity index (χ2v) is 4.22. The zero-order valence-corrected chi connectivity index (χ0v) is 9.72. The molecule has 1 unspecified atom stereocenters. The van der Waals surface area contributed by atoms with Crippen molar-refractivity contribution in [3.63, 3.8) is 0 Å². The third-order valence-corrected chi connectivity index (χ3v) is 3.29. The molecule has 0 radical (unpaired) electrons. The molecule has 0 spiro atoms. The van der Waals surface area contributed by atoms with E-state index in [9.17, 15) is 9.59 Å². The topological polar surface area (TPSA) is 40.6 Å². The van der Waals surface area contributed by atoms with Gasteiger partial charge in [0.05, 0.1) is 16.1 Å². The minimum atomic E-state index is -0.906. The van der Waals surface area contributed by atoms with E-state index in [2.05, 4.69) is 16.1 Å². The summed E-state index contributed by atoms with van der Waals surface area (Å²) in [6.45, 7) is 3.59. The summed E-state index contributed by atoms with van der Waals surface area (Å²) >= 11 is 8.59. The Balaban J connectivity index is 2.98. The Kier molecular flexibility index (Phi) is 2.87. The van der Waals surface area contributed by atoms with Crippen LogP contribution in [0.4, 0.5) is 4.79 Å². The van der Waals surface area contributed by atoms with Gasteiger partial charge >= 0.3 is 6.03 Å². The molecule has 1 aliphatic heterocycles. The van der Waals surface area contributed by atoms with Crippen LogP contribution in [-0.2, 0) is 4.79 Å². The van der Waals surface area contributed by atoms with Crippen molar-refractivity contribution in [2.45, 2.75) is 32.2 Å². The number of nitrogens with zero attached hydrogens (tertiary/aromatic N) is 2. The van der Waals surface area contributed by atoms with E-state index in [1.54, 1.807) is 6.92 Å². The van der Waals surface area contributed by atoms with Crippen LogP contribution in [0.2, 0.25) is 0 Å². The molecule has 0 aromatic rings. The standard InChI is InChI=1S/C7H10BrClN2O2/c1-3-4-7(2)5(12)10(8)6(13)11(7)9/h3-4H2,1-2H3. The molecule has 0 aromatic heterocycles. The minimum Gasteiger partial charge on any atom is -0.271 e. The smallest absolute Gasteiger partial charge is 0.271 e. The number of rotatable bonds is 2. The molecule has 0 saturated carbocycles. The normalized spacial score (nSPS) is 28.9. The minimum absolute atomic E-state index is 0.311. The van der Waals surface area contributed by atoms with E-state index in [1.165, 1.54) is 0 Å². The highest BCUT2D eigenvalue weighted by Crippen LogP contribution is 2.35. The van der Waals surface area contributed by atoms with Gasteiger partial charge in [0.1, 0.15) is 5.54 Å². The Morgan fingerprint density at radius 2 is 2.08 bits per heavy atom. The fourth-order valence-corrected chi connectivity index (χ4v) is 2.23. The van der Waals surface area contributed by atoms with Crippen molar-refractivity contribution in [2.75, 3.05) is 0 Å². The zero-order valence-electron chi connectivity index (χ0n) is 7.38. The average molecular weight is 270 g/mol. The summed E-state index contributed by atoms with van der Waals surface area (Å²) in [6, 6.07) is -0.525. The maximum Gasteiger partial charge on any atom is 0.352 e. The summed E-state index contributed by atoms with van der Waals surface area (Å²) in [5.74, 6) is -0.311. The first-order chi connectivity index (χ1) is 5.95. The van der Waals surface area contributed by atoms with Gasteiger partial charge in [0.15, 0.2) is 0 Å². The lowest BCUT2D eigenvalue weighted by atomic mass is 9.97. The molecule has 1 saturated heterocycles. The van der Waals surface area contributed by atoms with E-state index in [1.807, 2.05) is 6.92 Å². The van der Waals surface area contributed by atoms with Crippen LogP contribution in [0.3, 0.4) is 0 Å². The molecule has 0 aliphatic carbocycles. The van der Waals surface area contributed by atoms with Crippen molar-refractivity contribution in [3.05, 3.63) is 0 Å². The van der Waals surface area contributed by atoms with Crippen LogP contribution < -0.4 is 0 Å². The quantitative estimate of drug-likeness (QED) is 0.570. The maximum atomic E-state index is 11.6. The number of amides is 3. The number of carbonyl (C=O) groups excluding carboxylic acids is 2. The van der Waals surface area contributed by atoms with Crippen LogP contribution in [-0.4, -0.2) is 25.8 Å². The second kappa shape index (κ2) is 3.46. The summed E-state index contributed by atoms with van der Waals surface area (Å²) in [6.07, 6.45) is 1.35. The highest BCUT2D eigenvalue weighted by molar-refractivity contribution is 9.08. The molecule has 0 N–H and O–H groups in total. The fraction of sp³-hybridized carbons (Fsp3) is 0.714. The van der Waals surface area contributed by atoms with Gasteiger partial charge in [0.25, 0.3) is 5.91 Å². The van der Waals surface area contributed by atoms with E-state index in [0.717, 1.165) is 14.8 Å². The van der Waals surface area contributed by atoms with Crippen molar-refractivity contribution in [3.8, 4) is 0 Å². The van der Waals surface area contributed by atoms with Crippen LogP contribution in [0.5, 0.6) is 0 Å². The number of carbonyl (C=O) groups is 2. The molecule has 1 aliphatic rings. The molecule has 1 rings (SSSR count). The number of imide groups is 1. The van der Waals surface area contributed by atoms with Crippen molar-refractivity contribution < 1.29 is 9.59 Å². The van der Waals surface area contributed by atoms with Gasteiger partial charge in [-0.3, -0.25) is 4.79 Å². The Hall–Kier alpha value is -0.290. The van der Waals surface area contributed by atoms with Gasteiger partial charge in [-0.25, -0.2) is 9.21 Å². The predicted octanol–water partition coefficient (Wildman–Crippen LogP) is 2.27. The lowest BCUT2D eigenvalue weighted by molar-refractivity contribution is -0.128. The molecule has 1 atom stereocenters. The van der Waals surface area contributed by atoms with Crippen LogP contribution in [0.1, 0.15) is 26.7 Å². The zero-order chi connectivity index (χ0) is 10.2. The largest absolute Gasteiger partial charge is 0.352 e. The van der Waals surface area contributed by atoms with Crippen LogP contribution in [0, 0.1) is 0 Å². The maximum absolute atomic E-state index is 11.6. The average Bonchev–Trinajstić information content (AvgIpc) is 2.23. The first-order valence-electron chi connectivity index (χ1n) is 3.95. The summed E-state index contributed by atoms with van der Waals surface area (Å²) in [5.41, 5.74) is -0.906. The Morgan fingerprint density at radius 1 is 1.54 bits per heavy atom. The van der Waals surface area contributed by atoms with Crippen molar-refractivity contribution in [1.82, 2.24) is 8.34 Å². The molecule has 4 nitrogen and oxygen atoms in total. The van der Waals surface area contributed by atoms with E-state index in [0.29, 0.717) is 6.42 Å². The van der Waals surface area contributed by atoms with Gasteiger partial charge in [0.2, 0.25) is 0 Å². The summed E-state index contributed by atoms with van der Waals surface area (Å²) < 4.78 is 1.82. The number of hydrogen-bond donors (Lipinski definition) is 0. The predicted molar refractivity (Wildman–Crippen MR) is 52.2 cm³/mol. The summed E-state index contributed by atoms with van der Waals surface area (Å²) in [4.78, 5) is 22.8. The summed E-state index contributed by atoms with van der Waals surface area (Å²) in [7, 11) is 0. The highest BCUT2D eigenvalue weighted by atomic mass is 79.9. The lowest BCUT2D eigenvalue weighted by Crippen LogP contribution is -2.41. The molecule has 74 valence electrons. The molecule has 1 heterocycles. The molecule has 0 aromatic carbocycles. The van der Waals surface area contributed by atoms with E-state index >= 15 is 0 Å². The number of urea groups is 1. The molecule has 1 fully saturated rings. The fourth-order valence-electron chi connectivity index (χ4n) is 1.36. The first-order valence-corrected chi connectivity index (χ1v) is 5.00. The van der Waals surface area contributed by atoms with Crippen molar-refractivity contribution in [2.24, 2.45) is 0 Å². The highest BCUT2D eigenvalue weighted by Gasteiger charge is 2.53. The molecule has 0 bridgehead atoms. The lowest BCUT2D eigenvalue weighted by Gasteiger charge is -2.24. The third-order valence-electron chi connectivity index (χ3n) is 2.15. The molecule has 3 amide bonds. The van der Waals surface area contributed by atoms with Gasteiger partial charge in [-0.1, -0.05) is 13.3 Å². The second-order valence-electron chi connectivity index (χ2n) is 3.17. The van der Waals surface area contributed by atoms with Gasteiger partial charge in [0, 0.05) is 11.8 Å². The van der Waals surface area contributed by atoms with Crippen molar-refractivity contribution in [1.29, 1.82) is 0 Å². The first kappa shape index (κ1) is 10.8. The van der Waals surface area contributed by atoms with Gasteiger partial charge in [-0.15, -0.1) is 0 Å². The van der Waals surface area contributed by atoms with E-state index in [4.69, 9.17) is 11.8 Å². The monoisotopic (exact) mass is 268 g/mol. The SMILES string of the molecule is CCCC1(C)C(=O)N(Br)C(=O)N1Cl. The van der Waals surface area contributed by atoms with Crippen molar-refractivity contribution >= 4 is 39.9 Å². The van der Waals surface area contributed by atoms with Crippen LogP contribution in [0.15, 0.2) is 0 Å². The molecular formula is C7H10BrClN2O2. The summed E-state index contributed by atoms with van der Waals surface area (Å²) in [5, 5.41) is 0. The Labute approximate surface area is 90.3 Å². The Morgan fingerprint density at radius 3 is 2.38 bits per heavy atom. The van der Waals surface area contributed by atoms with Gasteiger partial charge in [-0.05, 0) is 13.3 Å².